The Kier molecular flexibility index (Phi) is 6.70. The van der Waals surface area contributed by atoms with Gasteiger partial charge in [0.1, 0.15) is 5.75 Å². The second-order valence-corrected chi connectivity index (χ2v) is 8.88. The van der Waals surface area contributed by atoms with Crippen LogP contribution in [0.1, 0.15) is 48.8 Å². The van der Waals surface area contributed by atoms with E-state index in [4.69, 9.17) is 9.72 Å². The lowest BCUT2D eigenvalue weighted by atomic mass is 9.84. The molecule has 0 saturated carbocycles. The van der Waals surface area contributed by atoms with E-state index in [0.29, 0.717) is 5.19 Å². The van der Waals surface area contributed by atoms with Gasteiger partial charge in [0.05, 0.1) is 5.41 Å². The first-order chi connectivity index (χ1) is 13.8. The largest absolute Gasteiger partial charge is 0.430 e. The van der Waals surface area contributed by atoms with Gasteiger partial charge in [-0.15, -0.1) is 0 Å². The van der Waals surface area contributed by atoms with E-state index in [-0.39, 0.29) is 5.41 Å². The van der Waals surface area contributed by atoms with Gasteiger partial charge in [0.2, 0.25) is 0 Å². The average Bonchev–Trinajstić information content (AvgIpc) is 3.19. The fourth-order valence-corrected chi connectivity index (χ4v) is 3.97. The molecule has 0 bridgehead atoms. The lowest BCUT2D eigenvalue weighted by Crippen LogP contribution is -2.20. The molecule has 3 rings (SSSR count). The molecule has 0 aliphatic rings. The van der Waals surface area contributed by atoms with Gasteiger partial charge in [-0.1, -0.05) is 43.3 Å². The number of benzene rings is 2. The summed E-state index contributed by atoms with van der Waals surface area (Å²) in [4.78, 5) is 7.03. The van der Waals surface area contributed by atoms with E-state index in [2.05, 4.69) is 75.2 Å². The van der Waals surface area contributed by atoms with Crippen molar-refractivity contribution in [2.75, 3.05) is 20.1 Å². The highest BCUT2D eigenvalue weighted by molar-refractivity contribution is 7.07. The van der Waals surface area contributed by atoms with Crippen LogP contribution in [0, 0.1) is 13.8 Å². The van der Waals surface area contributed by atoms with Crippen LogP contribution in [0.3, 0.4) is 0 Å². The zero-order valence-corrected chi connectivity index (χ0v) is 19.1. The zero-order chi connectivity index (χ0) is 21.0. The summed E-state index contributed by atoms with van der Waals surface area (Å²) in [6.07, 6.45) is 1.05. The lowest BCUT2D eigenvalue weighted by Gasteiger charge is -2.21. The Morgan fingerprint density at radius 2 is 1.79 bits per heavy atom. The van der Waals surface area contributed by atoms with Gasteiger partial charge in [0.25, 0.3) is 5.19 Å². The van der Waals surface area contributed by atoms with Gasteiger partial charge in [-0.2, -0.15) is 9.36 Å². The molecule has 5 heteroatoms. The normalized spacial score (nSPS) is 11.8. The SMILES string of the molecule is CCN(C)CCc1cc(C)c(Oc2nc(C(C)(C)c3ccccc3)ns2)cc1C. The van der Waals surface area contributed by atoms with Gasteiger partial charge in [-0.3, -0.25) is 0 Å². The maximum absolute atomic E-state index is 6.14. The second kappa shape index (κ2) is 9.06. The topological polar surface area (TPSA) is 38.2 Å². The molecule has 3 aromatic rings. The van der Waals surface area contributed by atoms with Crippen LogP contribution in [-0.2, 0) is 11.8 Å². The highest BCUT2D eigenvalue weighted by Gasteiger charge is 2.28. The van der Waals surface area contributed by atoms with Crippen LogP contribution in [0.15, 0.2) is 42.5 Å². The minimum atomic E-state index is -0.264. The summed E-state index contributed by atoms with van der Waals surface area (Å²) in [6.45, 7) is 12.8. The second-order valence-electron chi connectivity index (χ2n) is 8.17. The van der Waals surface area contributed by atoms with Crippen molar-refractivity contribution in [3.63, 3.8) is 0 Å². The summed E-state index contributed by atoms with van der Waals surface area (Å²) in [5.41, 5.74) is 4.68. The minimum absolute atomic E-state index is 0.264. The summed E-state index contributed by atoms with van der Waals surface area (Å²) >= 11 is 1.31. The molecule has 0 aliphatic heterocycles. The highest BCUT2D eigenvalue weighted by Crippen LogP contribution is 2.34. The first-order valence-electron chi connectivity index (χ1n) is 10.2. The molecule has 0 aliphatic carbocycles. The molecule has 29 heavy (non-hydrogen) atoms. The molecule has 0 atom stereocenters. The van der Waals surface area contributed by atoms with Gasteiger partial charge >= 0.3 is 0 Å². The van der Waals surface area contributed by atoms with Crippen molar-refractivity contribution in [2.45, 2.75) is 46.5 Å². The van der Waals surface area contributed by atoms with Crippen LogP contribution >= 0.6 is 11.5 Å². The monoisotopic (exact) mass is 409 g/mol. The number of aromatic nitrogens is 2. The smallest absolute Gasteiger partial charge is 0.298 e. The Bertz CT molecular complexity index is 950. The molecule has 0 fully saturated rings. The van der Waals surface area contributed by atoms with Crippen molar-refractivity contribution in [3.8, 4) is 10.9 Å². The third-order valence-electron chi connectivity index (χ3n) is 5.60. The number of nitrogens with zero attached hydrogens (tertiary/aromatic N) is 3. The van der Waals surface area contributed by atoms with E-state index in [9.17, 15) is 0 Å². The van der Waals surface area contributed by atoms with Crippen LogP contribution in [-0.4, -0.2) is 34.4 Å². The number of rotatable bonds is 8. The summed E-state index contributed by atoms with van der Waals surface area (Å²) in [6, 6.07) is 14.7. The van der Waals surface area contributed by atoms with E-state index < -0.39 is 0 Å². The van der Waals surface area contributed by atoms with Crippen LogP contribution in [0.4, 0.5) is 0 Å². The summed E-state index contributed by atoms with van der Waals surface area (Å²) < 4.78 is 10.7. The van der Waals surface area contributed by atoms with Gasteiger partial charge in [0.15, 0.2) is 5.82 Å². The molecular formula is C24H31N3OS. The molecule has 0 amide bonds. The van der Waals surface area contributed by atoms with Crippen molar-refractivity contribution < 1.29 is 4.74 Å². The Balaban J connectivity index is 1.77. The van der Waals surface area contributed by atoms with Crippen molar-refractivity contribution >= 4 is 11.5 Å². The maximum Gasteiger partial charge on any atom is 0.298 e. The minimum Gasteiger partial charge on any atom is -0.430 e. The molecule has 0 unspecified atom stereocenters. The number of hydrogen-bond acceptors (Lipinski definition) is 5. The summed E-state index contributed by atoms with van der Waals surface area (Å²) in [7, 11) is 2.16. The lowest BCUT2D eigenvalue weighted by molar-refractivity contribution is 0.357. The number of ether oxygens (including phenoxy) is 1. The summed E-state index contributed by atoms with van der Waals surface area (Å²) in [5, 5.41) is 0.588. The summed E-state index contributed by atoms with van der Waals surface area (Å²) in [5.74, 6) is 1.65. The third kappa shape index (κ3) is 5.03. The average molecular weight is 410 g/mol. The Morgan fingerprint density at radius 1 is 1.07 bits per heavy atom. The van der Waals surface area contributed by atoms with Crippen LogP contribution in [0.2, 0.25) is 0 Å². The van der Waals surface area contributed by atoms with E-state index in [1.807, 2.05) is 18.2 Å². The Hall–Kier alpha value is -2.24. The molecular weight excluding hydrogens is 378 g/mol. The predicted octanol–water partition coefficient (Wildman–Crippen LogP) is 5.77. The van der Waals surface area contributed by atoms with Crippen LogP contribution in [0.5, 0.6) is 10.9 Å². The van der Waals surface area contributed by atoms with Crippen molar-refractivity contribution in [1.82, 2.24) is 14.3 Å². The molecule has 1 aromatic heterocycles. The number of hydrogen-bond donors (Lipinski definition) is 0. The standard InChI is InChI=1S/C24H31N3OS/c1-7-27(6)14-13-19-15-18(3)21(16-17(19)2)28-23-25-22(26-29-23)24(4,5)20-11-9-8-10-12-20/h8-12,15-16H,7,13-14H2,1-6H3. The fraction of sp³-hybridized carbons (Fsp3) is 0.417. The first-order valence-corrected chi connectivity index (χ1v) is 10.9. The van der Waals surface area contributed by atoms with Gasteiger partial charge < -0.3 is 9.64 Å². The molecule has 0 saturated heterocycles. The van der Waals surface area contributed by atoms with Crippen LogP contribution in [0.25, 0.3) is 0 Å². The molecule has 0 N–H and O–H groups in total. The maximum atomic E-state index is 6.14. The zero-order valence-electron chi connectivity index (χ0n) is 18.3. The predicted molar refractivity (Wildman–Crippen MR) is 121 cm³/mol. The van der Waals surface area contributed by atoms with Gasteiger partial charge in [-0.25, -0.2) is 0 Å². The van der Waals surface area contributed by atoms with Gasteiger partial charge in [-0.05, 0) is 76.0 Å². The van der Waals surface area contributed by atoms with E-state index >= 15 is 0 Å². The quantitative estimate of drug-likeness (QED) is 0.473. The van der Waals surface area contributed by atoms with Gasteiger partial charge in [0, 0.05) is 18.1 Å². The first kappa shape index (κ1) is 21.5. The molecule has 0 spiro atoms. The van der Waals surface area contributed by atoms with Crippen molar-refractivity contribution in [3.05, 3.63) is 70.5 Å². The molecule has 2 aromatic carbocycles. The van der Waals surface area contributed by atoms with Crippen molar-refractivity contribution in [1.29, 1.82) is 0 Å². The Labute approximate surface area is 178 Å². The van der Waals surface area contributed by atoms with E-state index in [1.54, 1.807) is 0 Å². The number of aryl methyl sites for hydroxylation is 2. The molecule has 4 nitrogen and oxygen atoms in total. The van der Waals surface area contributed by atoms with E-state index in [1.165, 1.54) is 28.2 Å². The fourth-order valence-electron chi connectivity index (χ4n) is 3.28. The van der Waals surface area contributed by atoms with E-state index in [0.717, 1.165) is 36.6 Å². The molecule has 0 radical (unpaired) electrons. The highest BCUT2D eigenvalue weighted by atomic mass is 32.1. The molecule has 1 heterocycles. The van der Waals surface area contributed by atoms with Crippen LogP contribution < -0.4 is 4.74 Å². The number of likely N-dealkylation sites (N-methyl/N-ethyl adjacent to an activating group) is 1. The van der Waals surface area contributed by atoms with Crippen molar-refractivity contribution in [2.24, 2.45) is 0 Å². The Morgan fingerprint density at radius 3 is 2.48 bits per heavy atom. The molecule has 154 valence electrons. The third-order valence-corrected chi connectivity index (χ3v) is 6.19.